The second kappa shape index (κ2) is 11.4. The van der Waals surface area contributed by atoms with Gasteiger partial charge in [-0.3, -0.25) is 19.2 Å². The average Bonchev–Trinajstić information content (AvgIpc) is 2.93. The number of hydrogen-bond donors (Lipinski definition) is 0. The molecular formula is C28H30O8P4. The van der Waals surface area contributed by atoms with Crippen molar-refractivity contribution in [1.82, 2.24) is 0 Å². The van der Waals surface area contributed by atoms with Crippen LogP contribution in [-0.4, -0.2) is 23.1 Å². The summed E-state index contributed by atoms with van der Waals surface area (Å²) in [4.78, 5) is 56.1. The van der Waals surface area contributed by atoms with Gasteiger partial charge in [0.2, 0.25) is 0 Å². The summed E-state index contributed by atoms with van der Waals surface area (Å²) in [5, 5.41) is 0. The zero-order valence-electron chi connectivity index (χ0n) is 22.9. The summed E-state index contributed by atoms with van der Waals surface area (Å²) in [7, 11) is 8.51. The van der Waals surface area contributed by atoms with E-state index in [1.54, 1.807) is 0 Å². The summed E-state index contributed by atoms with van der Waals surface area (Å²) in [6, 6.07) is 2.86. The maximum atomic E-state index is 14.2. The van der Waals surface area contributed by atoms with Gasteiger partial charge in [0.25, 0.3) is 0 Å². The highest BCUT2D eigenvalue weighted by Gasteiger charge is 2.43. The van der Waals surface area contributed by atoms with Gasteiger partial charge < -0.3 is 18.1 Å². The van der Waals surface area contributed by atoms with Crippen LogP contribution in [0, 0.1) is 0 Å². The number of ketones is 4. The van der Waals surface area contributed by atoms with Crippen molar-refractivity contribution in [2.75, 3.05) is 0 Å². The maximum absolute atomic E-state index is 14.2. The summed E-state index contributed by atoms with van der Waals surface area (Å²) in [5.74, 6) is -1.26. The van der Waals surface area contributed by atoms with Gasteiger partial charge in [-0.15, -0.1) is 0 Å². The Bertz CT molecular complexity index is 1470. The number of carbonyl (C=O) groups excluding carboxylic acids is 4. The molecule has 12 heteroatoms. The molecule has 0 amide bonds. The van der Waals surface area contributed by atoms with Gasteiger partial charge in [0.05, 0.1) is 37.9 Å². The van der Waals surface area contributed by atoms with Gasteiger partial charge in [-0.05, 0) is 37.8 Å². The van der Waals surface area contributed by atoms with E-state index in [1.807, 2.05) is 27.7 Å². The number of allylic oxidation sites excluding steroid dienone is 4. The van der Waals surface area contributed by atoms with Crippen molar-refractivity contribution < 1.29 is 37.3 Å². The fraction of sp³-hybridized carbons (Fsp3) is 0.286. The molecule has 0 saturated carbocycles. The molecule has 4 atom stereocenters. The van der Waals surface area contributed by atoms with Crippen LogP contribution in [0.5, 0.6) is 23.0 Å². The lowest BCUT2D eigenvalue weighted by Crippen LogP contribution is -2.30. The monoisotopic (exact) mass is 618 g/mol. The number of fused-ring (bicyclic) bond motifs is 2. The van der Waals surface area contributed by atoms with Crippen molar-refractivity contribution in [3.8, 4) is 23.0 Å². The molecule has 8 nitrogen and oxygen atoms in total. The lowest BCUT2D eigenvalue weighted by atomic mass is 9.72. The van der Waals surface area contributed by atoms with Crippen molar-refractivity contribution in [3.63, 3.8) is 0 Å². The van der Waals surface area contributed by atoms with Crippen LogP contribution in [0.3, 0.4) is 0 Å². The first kappa shape index (κ1) is 30.5. The first-order chi connectivity index (χ1) is 18.9. The van der Waals surface area contributed by atoms with Gasteiger partial charge in [-0.25, -0.2) is 0 Å². The minimum atomic E-state index is -0.553. The molecule has 2 aliphatic carbocycles. The molecule has 2 aromatic rings. The third kappa shape index (κ3) is 4.45. The van der Waals surface area contributed by atoms with Crippen molar-refractivity contribution in [2.45, 2.75) is 53.4 Å². The van der Waals surface area contributed by atoms with Gasteiger partial charge in [0.1, 0.15) is 0 Å². The van der Waals surface area contributed by atoms with E-state index in [9.17, 15) is 19.2 Å². The highest BCUT2D eigenvalue weighted by atomic mass is 31.0. The third-order valence-corrected chi connectivity index (χ3v) is 8.27. The van der Waals surface area contributed by atoms with Gasteiger partial charge in [-0.1, -0.05) is 27.7 Å². The smallest absolute Gasteiger partial charge is 0.195 e. The zero-order valence-corrected chi connectivity index (χ0v) is 27.5. The summed E-state index contributed by atoms with van der Waals surface area (Å²) in [6.07, 6.45) is 0. The van der Waals surface area contributed by atoms with Gasteiger partial charge in [0, 0.05) is 55.7 Å². The Morgan fingerprint density at radius 1 is 0.550 bits per heavy atom. The molecule has 0 bridgehead atoms. The number of rotatable bonds is 7. The normalized spacial score (nSPS) is 15.2. The van der Waals surface area contributed by atoms with Gasteiger partial charge >= 0.3 is 0 Å². The van der Waals surface area contributed by atoms with E-state index < -0.39 is 23.1 Å². The molecule has 2 aliphatic rings. The van der Waals surface area contributed by atoms with Crippen molar-refractivity contribution in [2.24, 2.45) is 0 Å². The molecular weight excluding hydrogens is 588 g/mol. The molecule has 4 unspecified atom stereocenters. The van der Waals surface area contributed by atoms with E-state index in [0.29, 0.717) is 22.6 Å². The molecule has 0 saturated heterocycles. The highest BCUT2D eigenvalue weighted by Crippen LogP contribution is 2.49. The van der Waals surface area contributed by atoms with Crippen LogP contribution in [0.15, 0.2) is 34.4 Å². The van der Waals surface area contributed by atoms with Gasteiger partial charge in [0.15, 0.2) is 46.1 Å². The molecule has 0 aromatic heterocycles. The largest absolute Gasteiger partial charge is 0.476 e. The Kier molecular flexibility index (Phi) is 8.70. The van der Waals surface area contributed by atoms with Crippen LogP contribution in [-0.2, 0) is 0 Å². The minimum Gasteiger partial charge on any atom is -0.476 e. The highest BCUT2D eigenvalue weighted by molar-refractivity contribution is 7.11. The Balaban J connectivity index is 2.04. The molecule has 0 fully saturated rings. The quantitative estimate of drug-likeness (QED) is 0.316. The van der Waals surface area contributed by atoms with Crippen LogP contribution < -0.4 is 18.1 Å². The molecule has 0 aliphatic heterocycles. The minimum absolute atomic E-state index is 0.0733. The molecule has 0 heterocycles. The van der Waals surface area contributed by atoms with Crippen LogP contribution in [0.25, 0.3) is 0 Å². The van der Waals surface area contributed by atoms with Crippen LogP contribution in [0.1, 0.15) is 106 Å². The topological polar surface area (TPSA) is 105 Å². The number of hydrogen-bond acceptors (Lipinski definition) is 8. The average molecular weight is 618 g/mol. The first-order valence-electron chi connectivity index (χ1n) is 12.4. The molecule has 210 valence electrons. The van der Waals surface area contributed by atoms with Gasteiger partial charge in [-0.2, -0.15) is 0 Å². The molecule has 2 aromatic carbocycles. The summed E-state index contributed by atoms with van der Waals surface area (Å²) in [5.41, 5.74) is 1.51. The fourth-order valence-electron chi connectivity index (χ4n) is 5.50. The predicted octanol–water partition coefficient (Wildman–Crippen LogP) is 6.70. The number of carbonyl (C=O) groups is 4. The summed E-state index contributed by atoms with van der Waals surface area (Å²) >= 11 is 0. The second-order valence-corrected chi connectivity index (χ2v) is 11.1. The Hall–Kier alpha value is -2.48. The van der Waals surface area contributed by atoms with Crippen LogP contribution in [0.2, 0.25) is 0 Å². The van der Waals surface area contributed by atoms with Crippen LogP contribution in [0.4, 0.5) is 0 Å². The van der Waals surface area contributed by atoms with Crippen LogP contribution >= 0.6 is 37.9 Å². The molecule has 4 rings (SSSR count). The molecule has 0 N–H and O–H groups in total. The summed E-state index contributed by atoms with van der Waals surface area (Å²) < 4.78 is 21.8. The van der Waals surface area contributed by atoms with Crippen molar-refractivity contribution >= 4 is 61.0 Å². The third-order valence-electron chi connectivity index (χ3n) is 7.29. The van der Waals surface area contributed by atoms with E-state index in [-0.39, 0.29) is 67.9 Å². The van der Waals surface area contributed by atoms with E-state index in [4.69, 9.17) is 18.1 Å². The van der Waals surface area contributed by atoms with E-state index in [2.05, 4.69) is 37.9 Å². The van der Waals surface area contributed by atoms with E-state index in [0.717, 1.165) is 0 Å². The summed E-state index contributed by atoms with van der Waals surface area (Å²) in [6.45, 7) is 10.5. The Morgan fingerprint density at radius 3 is 1.12 bits per heavy atom. The maximum Gasteiger partial charge on any atom is 0.195 e. The molecule has 40 heavy (non-hydrogen) atoms. The lowest BCUT2D eigenvalue weighted by molar-refractivity contribution is 0.0951. The lowest BCUT2D eigenvalue weighted by Gasteiger charge is -2.29. The van der Waals surface area contributed by atoms with Crippen molar-refractivity contribution in [3.05, 3.63) is 67.8 Å². The number of benzene rings is 2. The Labute approximate surface area is 242 Å². The van der Waals surface area contributed by atoms with Crippen molar-refractivity contribution in [1.29, 1.82) is 0 Å². The zero-order chi connectivity index (χ0) is 29.8. The fourth-order valence-corrected chi connectivity index (χ4v) is 6.34. The van der Waals surface area contributed by atoms with E-state index in [1.165, 1.54) is 26.0 Å². The Morgan fingerprint density at radius 2 is 0.875 bits per heavy atom. The SMILES string of the molecule is CC1=C(C2=C(C)C(=O)c3c(cc(OP)c(OP)c3C(C)C)C2=O)C(=O)c2cc(OP)c(OP)c(C(C)C)c2C1=O. The number of Topliss-reactive ketones (excluding diaryl/α,β-unsaturated/α-hetero) is 4. The first-order valence-corrected chi connectivity index (χ1v) is 14.3. The predicted molar refractivity (Wildman–Crippen MR) is 165 cm³/mol. The molecule has 0 spiro atoms. The van der Waals surface area contributed by atoms with E-state index >= 15 is 0 Å². The second-order valence-electron chi connectivity index (χ2n) is 10.2. The standard InChI is InChI=1S/C28H30O8P4/c1-9(2)17-21-13(7-15(33-37)27(17)35-39)25(31)19(11(5)23(21)29)20-12(6)24(30)22-14(26(20)32)8-16(34-38)28(36-40)18(22)10(3)4/h7-10H,37-40H2,1-6H3. The molecule has 0 radical (unpaired) electrons.